The fraction of sp³-hybridized carbons (Fsp3) is 0.333. The molecule has 1 atom stereocenters. The maximum atomic E-state index is 12.3. The van der Waals surface area contributed by atoms with E-state index in [0.717, 1.165) is 0 Å². The molecule has 2 N–H and O–H groups in total. The van der Waals surface area contributed by atoms with Crippen LogP contribution in [0.3, 0.4) is 0 Å². The molecule has 0 aliphatic carbocycles. The summed E-state index contributed by atoms with van der Waals surface area (Å²) in [5.41, 5.74) is 5.45. The Bertz CT molecular complexity index is 335. The van der Waals surface area contributed by atoms with Crippen molar-refractivity contribution < 1.29 is 13.2 Å². The predicted octanol–water partition coefficient (Wildman–Crippen LogP) is 3.21. The van der Waals surface area contributed by atoms with Gasteiger partial charge in [0.15, 0.2) is 0 Å². The van der Waals surface area contributed by atoms with E-state index in [4.69, 9.17) is 17.3 Å². The summed E-state index contributed by atoms with van der Waals surface area (Å²) in [6.07, 6.45) is -4.44. The normalized spacial score (nSPS) is 14.1. The van der Waals surface area contributed by atoms with E-state index in [2.05, 4.69) is 0 Å². The minimum Gasteiger partial charge on any atom is -0.316 e. The quantitative estimate of drug-likeness (QED) is 0.777. The summed E-state index contributed by atoms with van der Waals surface area (Å²) in [7, 11) is 0. The lowest BCUT2D eigenvalue weighted by atomic mass is 10.0. The van der Waals surface area contributed by atoms with E-state index in [0.29, 0.717) is 10.6 Å². The number of hydrogen-bond donors (Lipinski definition) is 1. The molecule has 0 amide bonds. The molecule has 1 aromatic rings. The molecule has 0 fully saturated rings. The van der Waals surface area contributed by atoms with Crippen LogP contribution in [0.25, 0.3) is 0 Å². The van der Waals surface area contributed by atoms with Crippen LogP contribution in [-0.4, -0.2) is 6.18 Å². The average Bonchev–Trinajstić information content (AvgIpc) is 2.07. The molecular formula is C9H9ClF3N. The van der Waals surface area contributed by atoms with Crippen molar-refractivity contribution in [3.8, 4) is 0 Å². The van der Waals surface area contributed by atoms with Crippen molar-refractivity contribution in [3.63, 3.8) is 0 Å². The van der Waals surface area contributed by atoms with Crippen LogP contribution in [0.1, 0.15) is 17.2 Å². The van der Waals surface area contributed by atoms with Crippen molar-refractivity contribution in [1.82, 2.24) is 0 Å². The highest BCUT2D eigenvalue weighted by molar-refractivity contribution is 6.31. The van der Waals surface area contributed by atoms with Crippen molar-refractivity contribution in [1.29, 1.82) is 0 Å². The van der Waals surface area contributed by atoms with E-state index in [9.17, 15) is 13.2 Å². The summed E-state index contributed by atoms with van der Waals surface area (Å²) >= 11 is 5.69. The Kier molecular flexibility index (Phi) is 3.07. The lowest BCUT2D eigenvalue weighted by Crippen LogP contribution is -2.29. The van der Waals surface area contributed by atoms with Crippen molar-refractivity contribution in [2.45, 2.75) is 19.1 Å². The molecule has 5 heteroatoms. The van der Waals surface area contributed by atoms with E-state index in [-0.39, 0.29) is 5.56 Å². The Labute approximate surface area is 84.7 Å². The summed E-state index contributed by atoms with van der Waals surface area (Å²) in [6.45, 7) is 1.52. The van der Waals surface area contributed by atoms with Crippen molar-refractivity contribution in [2.75, 3.05) is 0 Å². The van der Waals surface area contributed by atoms with Gasteiger partial charge < -0.3 is 5.73 Å². The Balaban J connectivity index is 3.14. The van der Waals surface area contributed by atoms with E-state index in [1.807, 2.05) is 0 Å². The predicted molar refractivity (Wildman–Crippen MR) is 49.2 cm³/mol. The fourth-order valence-corrected chi connectivity index (χ4v) is 1.32. The topological polar surface area (TPSA) is 26.0 Å². The van der Waals surface area contributed by atoms with Crippen LogP contribution in [0, 0.1) is 6.92 Å². The number of hydrogen-bond acceptors (Lipinski definition) is 1. The highest BCUT2D eigenvalue weighted by Gasteiger charge is 2.38. The minimum absolute atomic E-state index is 0.0185. The third-order valence-electron chi connectivity index (χ3n) is 2.00. The average molecular weight is 224 g/mol. The summed E-state index contributed by atoms with van der Waals surface area (Å²) in [5.74, 6) is 0. The molecule has 0 radical (unpaired) electrons. The maximum Gasteiger partial charge on any atom is 0.407 e. The van der Waals surface area contributed by atoms with Gasteiger partial charge >= 0.3 is 6.18 Å². The zero-order valence-corrected chi connectivity index (χ0v) is 8.15. The maximum absolute atomic E-state index is 12.3. The van der Waals surface area contributed by atoms with Crippen molar-refractivity contribution in [3.05, 3.63) is 34.3 Å². The van der Waals surface area contributed by atoms with E-state index < -0.39 is 12.2 Å². The van der Waals surface area contributed by atoms with E-state index in [1.165, 1.54) is 25.1 Å². The van der Waals surface area contributed by atoms with Gasteiger partial charge in [-0.25, -0.2) is 0 Å². The minimum atomic E-state index is -4.44. The molecule has 0 heterocycles. The lowest BCUT2D eigenvalue weighted by molar-refractivity contribution is -0.149. The van der Waals surface area contributed by atoms with Gasteiger partial charge in [-0.3, -0.25) is 0 Å². The molecule has 0 bridgehead atoms. The monoisotopic (exact) mass is 223 g/mol. The zero-order chi connectivity index (χ0) is 10.9. The highest BCUT2D eigenvalue weighted by atomic mass is 35.5. The molecule has 78 valence electrons. The SMILES string of the molecule is Cc1c(Cl)cccc1[C@H](N)C(F)(F)F. The number of alkyl halides is 3. The fourth-order valence-electron chi connectivity index (χ4n) is 1.14. The van der Waals surface area contributed by atoms with Crippen LogP contribution in [-0.2, 0) is 0 Å². The second kappa shape index (κ2) is 3.79. The summed E-state index contributed by atoms with van der Waals surface area (Å²) in [4.78, 5) is 0. The van der Waals surface area contributed by atoms with Crippen molar-refractivity contribution >= 4 is 11.6 Å². The molecule has 0 aliphatic rings. The van der Waals surface area contributed by atoms with Crippen LogP contribution < -0.4 is 5.73 Å². The molecule has 0 saturated heterocycles. The molecule has 0 unspecified atom stereocenters. The first-order chi connectivity index (χ1) is 6.34. The Hall–Kier alpha value is -0.740. The summed E-state index contributed by atoms with van der Waals surface area (Å²) < 4.78 is 36.8. The van der Waals surface area contributed by atoms with Crippen LogP contribution in [0.4, 0.5) is 13.2 Å². The molecule has 0 saturated carbocycles. The van der Waals surface area contributed by atoms with Gasteiger partial charge in [-0.2, -0.15) is 13.2 Å². The molecule has 0 aliphatic heterocycles. The van der Waals surface area contributed by atoms with Gasteiger partial charge in [0.1, 0.15) is 6.04 Å². The van der Waals surface area contributed by atoms with Gasteiger partial charge in [0, 0.05) is 5.02 Å². The standard InChI is InChI=1S/C9H9ClF3N/c1-5-6(3-2-4-7(5)10)8(14)9(11,12)13/h2-4,8H,14H2,1H3/t8-/m0/s1. The molecule has 0 aromatic heterocycles. The van der Waals surface area contributed by atoms with Gasteiger partial charge in [0.25, 0.3) is 0 Å². The second-order valence-corrected chi connectivity index (χ2v) is 3.38. The van der Waals surface area contributed by atoms with Gasteiger partial charge in [-0.15, -0.1) is 0 Å². The third kappa shape index (κ3) is 2.19. The third-order valence-corrected chi connectivity index (χ3v) is 2.41. The summed E-state index contributed by atoms with van der Waals surface area (Å²) in [6, 6.07) is 2.35. The largest absolute Gasteiger partial charge is 0.407 e. The van der Waals surface area contributed by atoms with Gasteiger partial charge in [-0.1, -0.05) is 23.7 Å². The lowest BCUT2D eigenvalue weighted by Gasteiger charge is -2.18. The van der Waals surface area contributed by atoms with Crippen LogP contribution in [0.2, 0.25) is 5.02 Å². The molecule has 1 aromatic carbocycles. The smallest absolute Gasteiger partial charge is 0.316 e. The van der Waals surface area contributed by atoms with Gasteiger partial charge in [0.05, 0.1) is 0 Å². The first-order valence-corrected chi connectivity index (χ1v) is 4.29. The first kappa shape index (κ1) is 11.3. The Morgan fingerprint density at radius 2 is 1.93 bits per heavy atom. The summed E-state index contributed by atoms with van der Waals surface area (Å²) in [5, 5.41) is 0.294. The second-order valence-electron chi connectivity index (χ2n) is 2.97. The Morgan fingerprint density at radius 1 is 1.36 bits per heavy atom. The molecule has 1 rings (SSSR count). The van der Waals surface area contributed by atoms with Gasteiger partial charge in [0.2, 0.25) is 0 Å². The van der Waals surface area contributed by atoms with Crippen LogP contribution in [0.15, 0.2) is 18.2 Å². The number of benzene rings is 1. The first-order valence-electron chi connectivity index (χ1n) is 3.91. The van der Waals surface area contributed by atoms with Gasteiger partial charge in [-0.05, 0) is 24.1 Å². The number of rotatable bonds is 1. The molecule has 14 heavy (non-hydrogen) atoms. The highest BCUT2D eigenvalue weighted by Crippen LogP contribution is 2.33. The molecular weight excluding hydrogens is 215 g/mol. The number of halogens is 4. The zero-order valence-electron chi connectivity index (χ0n) is 7.40. The van der Waals surface area contributed by atoms with Crippen molar-refractivity contribution in [2.24, 2.45) is 5.73 Å². The van der Waals surface area contributed by atoms with E-state index in [1.54, 1.807) is 0 Å². The Morgan fingerprint density at radius 3 is 2.43 bits per heavy atom. The van der Waals surface area contributed by atoms with E-state index >= 15 is 0 Å². The number of nitrogens with two attached hydrogens (primary N) is 1. The molecule has 1 nitrogen and oxygen atoms in total. The van der Waals surface area contributed by atoms with Crippen LogP contribution in [0.5, 0.6) is 0 Å². The molecule has 0 spiro atoms. The van der Waals surface area contributed by atoms with Crippen LogP contribution >= 0.6 is 11.6 Å².